The van der Waals surface area contributed by atoms with Gasteiger partial charge in [-0.15, -0.1) is 0 Å². The van der Waals surface area contributed by atoms with Gasteiger partial charge in [0, 0.05) is 13.2 Å². The van der Waals surface area contributed by atoms with Crippen molar-refractivity contribution < 1.29 is 13.5 Å². The lowest BCUT2D eigenvalue weighted by atomic mass is 10.0. The maximum absolute atomic E-state index is 12.1. The highest BCUT2D eigenvalue weighted by molar-refractivity contribution is 7.89. The molecule has 0 aliphatic carbocycles. The molecule has 0 amide bonds. The first kappa shape index (κ1) is 17.1. The largest absolute Gasteiger partial charge is 0.396 e. The van der Waals surface area contributed by atoms with Crippen molar-refractivity contribution >= 4 is 10.0 Å². The Hall–Kier alpha value is -0.910. The van der Waals surface area contributed by atoms with Crippen LogP contribution in [0.1, 0.15) is 45.1 Å². The van der Waals surface area contributed by atoms with Crippen LogP contribution < -0.4 is 4.72 Å². The monoisotopic (exact) mass is 299 g/mol. The van der Waals surface area contributed by atoms with Gasteiger partial charge in [-0.3, -0.25) is 0 Å². The maximum Gasteiger partial charge on any atom is 0.240 e. The quantitative estimate of drug-likeness (QED) is 0.725. The Morgan fingerprint density at radius 2 is 1.75 bits per heavy atom. The molecule has 0 aromatic heterocycles. The number of benzene rings is 1. The molecule has 5 heteroatoms. The molecule has 0 saturated carbocycles. The fraction of sp³-hybridized carbons (Fsp3) is 0.600. The molecule has 0 saturated heterocycles. The van der Waals surface area contributed by atoms with E-state index < -0.39 is 10.0 Å². The van der Waals surface area contributed by atoms with Crippen LogP contribution in [0.3, 0.4) is 0 Å². The van der Waals surface area contributed by atoms with Gasteiger partial charge in [0.2, 0.25) is 10.0 Å². The summed E-state index contributed by atoms with van der Waals surface area (Å²) in [6.07, 6.45) is 1.54. The Morgan fingerprint density at radius 1 is 1.15 bits per heavy atom. The van der Waals surface area contributed by atoms with Gasteiger partial charge < -0.3 is 5.11 Å². The number of aliphatic hydroxyl groups is 1. The molecule has 20 heavy (non-hydrogen) atoms. The van der Waals surface area contributed by atoms with Crippen LogP contribution in [0.15, 0.2) is 29.2 Å². The Balaban J connectivity index is 2.56. The Kier molecular flexibility index (Phi) is 6.65. The summed E-state index contributed by atoms with van der Waals surface area (Å²) in [4.78, 5) is 0.303. The molecule has 1 atom stereocenters. The molecular weight excluding hydrogens is 274 g/mol. The van der Waals surface area contributed by atoms with E-state index in [0.29, 0.717) is 17.4 Å². The highest BCUT2D eigenvalue weighted by Gasteiger charge is 2.13. The van der Waals surface area contributed by atoms with Crippen molar-refractivity contribution in [1.29, 1.82) is 0 Å². The zero-order valence-corrected chi connectivity index (χ0v) is 13.3. The van der Waals surface area contributed by atoms with Crippen molar-refractivity contribution in [3.05, 3.63) is 29.8 Å². The van der Waals surface area contributed by atoms with E-state index >= 15 is 0 Å². The van der Waals surface area contributed by atoms with E-state index in [9.17, 15) is 8.42 Å². The predicted octanol–water partition coefficient (Wildman–Crippen LogP) is 2.50. The van der Waals surface area contributed by atoms with Gasteiger partial charge in [0.1, 0.15) is 0 Å². The molecule has 0 bridgehead atoms. The molecular formula is C15H25NO3S. The summed E-state index contributed by atoms with van der Waals surface area (Å²) in [5.74, 6) is 0.601. The number of nitrogens with one attached hydrogen (secondary N) is 1. The van der Waals surface area contributed by atoms with Gasteiger partial charge in [-0.05, 0) is 42.4 Å². The van der Waals surface area contributed by atoms with Crippen LogP contribution >= 0.6 is 0 Å². The van der Waals surface area contributed by atoms with Crippen LogP contribution in [0, 0.1) is 5.92 Å². The molecule has 114 valence electrons. The number of aliphatic hydroxyl groups excluding tert-OH is 1. The molecule has 4 nitrogen and oxygen atoms in total. The van der Waals surface area contributed by atoms with Crippen LogP contribution in [0.2, 0.25) is 0 Å². The average Bonchev–Trinajstić information content (AvgIpc) is 2.43. The third-order valence-electron chi connectivity index (χ3n) is 3.33. The first-order chi connectivity index (χ1) is 9.36. The van der Waals surface area contributed by atoms with E-state index in [1.807, 2.05) is 19.1 Å². The second kappa shape index (κ2) is 7.76. The third kappa shape index (κ3) is 5.23. The molecule has 0 aliphatic rings. The zero-order chi connectivity index (χ0) is 15.2. The van der Waals surface area contributed by atoms with E-state index in [2.05, 4.69) is 18.6 Å². The third-order valence-corrected chi connectivity index (χ3v) is 4.81. The number of hydrogen-bond donors (Lipinski definition) is 2. The van der Waals surface area contributed by atoms with Gasteiger partial charge in [0.05, 0.1) is 4.90 Å². The summed E-state index contributed by atoms with van der Waals surface area (Å²) in [5, 5.41) is 8.90. The standard InChI is InChI=1S/C15H25NO3S/c1-12(2)14-6-8-15(9-7-14)20(18,19)16-10-4-5-13(3)11-17/h6-9,12-13,16-17H,4-5,10-11H2,1-3H3. The molecule has 1 rings (SSSR count). The molecule has 0 heterocycles. The summed E-state index contributed by atoms with van der Waals surface area (Å²) in [6, 6.07) is 7.00. The molecule has 1 unspecified atom stereocenters. The average molecular weight is 299 g/mol. The summed E-state index contributed by atoms with van der Waals surface area (Å²) in [7, 11) is -3.42. The first-order valence-corrected chi connectivity index (χ1v) is 8.55. The van der Waals surface area contributed by atoms with E-state index in [-0.39, 0.29) is 12.5 Å². The first-order valence-electron chi connectivity index (χ1n) is 7.07. The zero-order valence-electron chi connectivity index (χ0n) is 12.5. The lowest BCUT2D eigenvalue weighted by Gasteiger charge is -2.10. The second-order valence-electron chi connectivity index (χ2n) is 5.55. The Labute approximate surface area is 122 Å². The lowest BCUT2D eigenvalue weighted by molar-refractivity contribution is 0.228. The minimum absolute atomic E-state index is 0.142. The van der Waals surface area contributed by atoms with E-state index in [0.717, 1.165) is 18.4 Å². The van der Waals surface area contributed by atoms with Gasteiger partial charge in [0.15, 0.2) is 0 Å². The smallest absolute Gasteiger partial charge is 0.240 e. The van der Waals surface area contributed by atoms with Crippen molar-refractivity contribution in [3.8, 4) is 0 Å². The van der Waals surface area contributed by atoms with Crippen molar-refractivity contribution in [2.45, 2.75) is 44.4 Å². The summed E-state index contributed by atoms with van der Waals surface area (Å²) < 4.78 is 26.7. The van der Waals surface area contributed by atoms with Crippen molar-refractivity contribution in [3.63, 3.8) is 0 Å². The second-order valence-corrected chi connectivity index (χ2v) is 7.32. The number of hydrogen-bond acceptors (Lipinski definition) is 3. The summed E-state index contributed by atoms with van der Waals surface area (Å²) in [5.41, 5.74) is 1.13. The molecule has 0 aliphatic heterocycles. The van der Waals surface area contributed by atoms with Crippen LogP contribution in [-0.2, 0) is 10.0 Å². The Morgan fingerprint density at radius 3 is 2.25 bits per heavy atom. The van der Waals surface area contributed by atoms with Gasteiger partial charge >= 0.3 is 0 Å². The maximum atomic E-state index is 12.1. The Bertz CT molecular complexity index is 494. The molecule has 0 radical (unpaired) electrons. The molecule has 1 aromatic rings. The predicted molar refractivity (Wildman–Crippen MR) is 81.2 cm³/mol. The van der Waals surface area contributed by atoms with Crippen molar-refractivity contribution in [2.75, 3.05) is 13.2 Å². The van der Waals surface area contributed by atoms with Crippen molar-refractivity contribution in [2.24, 2.45) is 5.92 Å². The van der Waals surface area contributed by atoms with E-state index in [1.165, 1.54) is 0 Å². The summed E-state index contributed by atoms with van der Waals surface area (Å²) >= 11 is 0. The topological polar surface area (TPSA) is 66.4 Å². The minimum Gasteiger partial charge on any atom is -0.396 e. The fourth-order valence-corrected chi connectivity index (χ4v) is 2.94. The van der Waals surface area contributed by atoms with Gasteiger partial charge in [-0.1, -0.05) is 32.9 Å². The fourth-order valence-electron chi connectivity index (χ4n) is 1.86. The number of rotatable bonds is 8. The number of sulfonamides is 1. The van der Waals surface area contributed by atoms with Crippen LogP contribution in [-0.4, -0.2) is 26.7 Å². The van der Waals surface area contributed by atoms with E-state index in [1.54, 1.807) is 12.1 Å². The van der Waals surface area contributed by atoms with Crippen LogP contribution in [0.5, 0.6) is 0 Å². The SMILES string of the molecule is CC(CO)CCCNS(=O)(=O)c1ccc(C(C)C)cc1. The summed E-state index contributed by atoms with van der Waals surface area (Å²) in [6.45, 7) is 6.63. The normalized spacial score (nSPS) is 13.7. The van der Waals surface area contributed by atoms with E-state index in [4.69, 9.17) is 5.11 Å². The van der Waals surface area contributed by atoms with Gasteiger partial charge in [-0.2, -0.15) is 0 Å². The minimum atomic E-state index is -3.42. The lowest BCUT2D eigenvalue weighted by Crippen LogP contribution is -2.25. The molecule has 2 N–H and O–H groups in total. The highest BCUT2D eigenvalue weighted by atomic mass is 32.2. The van der Waals surface area contributed by atoms with Gasteiger partial charge in [0.25, 0.3) is 0 Å². The van der Waals surface area contributed by atoms with Gasteiger partial charge in [-0.25, -0.2) is 13.1 Å². The van der Waals surface area contributed by atoms with Crippen LogP contribution in [0.25, 0.3) is 0 Å². The highest BCUT2D eigenvalue weighted by Crippen LogP contribution is 2.17. The van der Waals surface area contributed by atoms with Crippen molar-refractivity contribution in [1.82, 2.24) is 4.72 Å². The molecule has 0 spiro atoms. The van der Waals surface area contributed by atoms with Crippen LogP contribution in [0.4, 0.5) is 0 Å². The molecule has 1 aromatic carbocycles. The molecule has 0 fully saturated rings.